The molecule has 0 aliphatic carbocycles. The molecule has 2 aromatic carbocycles. The van der Waals surface area contributed by atoms with Crippen molar-refractivity contribution in [1.29, 1.82) is 0 Å². The number of rotatable bonds is 7. The molecule has 0 saturated carbocycles. The first-order chi connectivity index (χ1) is 14.2. The van der Waals surface area contributed by atoms with Crippen molar-refractivity contribution in [3.63, 3.8) is 0 Å². The lowest BCUT2D eigenvalue weighted by Crippen LogP contribution is -2.36. The summed E-state index contributed by atoms with van der Waals surface area (Å²) in [7, 11) is -3.15. The monoisotopic (exact) mass is 419 g/mol. The quantitative estimate of drug-likeness (QED) is 0.436. The summed E-state index contributed by atoms with van der Waals surface area (Å²) in [5.74, 6) is 0. The smallest absolute Gasteiger partial charge is 0.205 e. The maximum absolute atomic E-state index is 14.5. The zero-order valence-corrected chi connectivity index (χ0v) is 17.5. The number of nitrogens with one attached hydrogen (secondary N) is 1. The summed E-state index contributed by atoms with van der Waals surface area (Å²) >= 11 is 1.59. The van der Waals surface area contributed by atoms with Gasteiger partial charge in [-0.2, -0.15) is 11.3 Å². The maximum Gasteiger partial charge on any atom is 0.205 e. The molecule has 146 valence electrons. The Labute approximate surface area is 174 Å². The van der Waals surface area contributed by atoms with Crippen molar-refractivity contribution in [3.05, 3.63) is 113 Å². The molecule has 0 aliphatic heterocycles. The molecule has 0 saturated heterocycles. The van der Waals surface area contributed by atoms with Gasteiger partial charge in [0.25, 0.3) is 0 Å². The molecule has 0 spiro atoms. The minimum absolute atomic E-state index is 0.359. The SMILES string of the molecule is N[C@@H](c1ccccn1)[C@@H](NP(=O)(c1ccccc1)c1ccccc1)c1ccsc1. The summed E-state index contributed by atoms with van der Waals surface area (Å²) in [6, 6.07) is 26.0. The first-order valence-electron chi connectivity index (χ1n) is 9.36. The van der Waals surface area contributed by atoms with Crippen LogP contribution < -0.4 is 21.4 Å². The molecule has 0 bridgehead atoms. The molecule has 2 aromatic heterocycles. The highest BCUT2D eigenvalue weighted by atomic mass is 32.1. The summed E-state index contributed by atoms with van der Waals surface area (Å²) in [4.78, 5) is 4.43. The molecule has 0 amide bonds. The minimum atomic E-state index is -3.15. The first kappa shape index (κ1) is 19.7. The zero-order valence-electron chi connectivity index (χ0n) is 15.8. The number of thiophene rings is 1. The molecule has 6 heteroatoms. The van der Waals surface area contributed by atoms with Crippen molar-refractivity contribution >= 4 is 29.2 Å². The second kappa shape index (κ2) is 8.85. The fraction of sp³-hybridized carbons (Fsp3) is 0.0870. The van der Waals surface area contributed by atoms with E-state index in [2.05, 4.69) is 10.1 Å². The van der Waals surface area contributed by atoms with Gasteiger partial charge < -0.3 is 5.73 Å². The molecule has 0 radical (unpaired) electrons. The van der Waals surface area contributed by atoms with Crippen LogP contribution in [0.3, 0.4) is 0 Å². The van der Waals surface area contributed by atoms with Gasteiger partial charge in [-0.15, -0.1) is 0 Å². The van der Waals surface area contributed by atoms with Crippen LogP contribution in [0, 0.1) is 0 Å². The molecule has 2 heterocycles. The lowest BCUT2D eigenvalue weighted by Gasteiger charge is -2.30. The van der Waals surface area contributed by atoms with Crippen LogP contribution in [0.25, 0.3) is 0 Å². The van der Waals surface area contributed by atoms with E-state index in [9.17, 15) is 4.57 Å². The van der Waals surface area contributed by atoms with Gasteiger partial charge in [0.15, 0.2) is 0 Å². The fourth-order valence-electron chi connectivity index (χ4n) is 3.33. The number of pyridine rings is 1. The van der Waals surface area contributed by atoms with Gasteiger partial charge in [0, 0.05) is 16.8 Å². The van der Waals surface area contributed by atoms with E-state index in [0.29, 0.717) is 0 Å². The molecule has 4 nitrogen and oxygen atoms in total. The molecule has 0 fully saturated rings. The summed E-state index contributed by atoms with van der Waals surface area (Å²) in [6.45, 7) is 0. The Morgan fingerprint density at radius 3 is 2.00 bits per heavy atom. The largest absolute Gasteiger partial charge is 0.321 e. The van der Waals surface area contributed by atoms with Crippen LogP contribution in [0.4, 0.5) is 0 Å². The van der Waals surface area contributed by atoms with Gasteiger partial charge >= 0.3 is 0 Å². The Bertz CT molecular complexity index is 1030. The van der Waals surface area contributed by atoms with E-state index in [1.807, 2.05) is 95.7 Å². The zero-order chi connectivity index (χ0) is 20.1. The topological polar surface area (TPSA) is 68.0 Å². The second-order valence-corrected chi connectivity index (χ2v) is 10.0. The van der Waals surface area contributed by atoms with Crippen molar-refractivity contribution in [3.8, 4) is 0 Å². The predicted octanol–water partition coefficient (Wildman–Crippen LogP) is 4.40. The van der Waals surface area contributed by atoms with E-state index in [-0.39, 0.29) is 6.04 Å². The molecule has 0 aliphatic rings. The molecule has 4 aromatic rings. The van der Waals surface area contributed by atoms with Gasteiger partial charge in [-0.3, -0.25) is 14.6 Å². The Balaban J connectivity index is 1.80. The standard InChI is InChI=1S/C23H22N3OPS/c24-22(21-13-7-8-15-25-21)23(18-14-16-29-17-18)26-28(27,19-9-3-1-4-10-19)20-11-5-2-6-12-20/h1-17,22-23H,24H2,(H,26,27)/t22-,23-/m0/s1. The van der Waals surface area contributed by atoms with E-state index in [1.54, 1.807) is 17.5 Å². The van der Waals surface area contributed by atoms with Crippen molar-refractivity contribution in [2.24, 2.45) is 5.73 Å². The van der Waals surface area contributed by atoms with Crippen LogP contribution >= 0.6 is 18.6 Å². The van der Waals surface area contributed by atoms with Gasteiger partial charge in [0.05, 0.1) is 17.8 Å². The van der Waals surface area contributed by atoms with Crippen molar-refractivity contribution in [1.82, 2.24) is 10.1 Å². The maximum atomic E-state index is 14.5. The number of nitrogens with zero attached hydrogens (tertiary/aromatic N) is 1. The van der Waals surface area contributed by atoms with E-state index in [4.69, 9.17) is 5.73 Å². The molecular formula is C23H22N3OPS. The van der Waals surface area contributed by atoms with Crippen LogP contribution in [-0.2, 0) is 4.57 Å². The Morgan fingerprint density at radius 2 is 1.48 bits per heavy atom. The van der Waals surface area contributed by atoms with Crippen LogP contribution in [0.2, 0.25) is 0 Å². The van der Waals surface area contributed by atoms with E-state index in [0.717, 1.165) is 21.9 Å². The van der Waals surface area contributed by atoms with Crippen LogP contribution in [0.15, 0.2) is 102 Å². The van der Waals surface area contributed by atoms with Gasteiger partial charge in [-0.05, 0) is 58.8 Å². The van der Waals surface area contributed by atoms with E-state index < -0.39 is 13.3 Å². The number of hydrogen-bond donors (Lipinski definition) is 2. The van der Waals surface area contributed by atoms with Crippen molar-refractivity contribution in [2.75, 3.05) is 0 Å². The van der Waals surface area contributed by atoms with E-state index >= 15 is 0 Å². The lowest BCUT2D eigenvalue weighted by molar-refractivity contribution is 0.504. The average Bonchev–Trinajstić information content (AvgIpc) is 3.33. The molecule has 4 rings (SSSR count). The highest BCUT2D eigenvalue weighted by Gasteiger charge is 2.34. The number of benzene rings is 2. The molecule has 2 atom stereocenters. The first-order valence-corrected chi connectivity index (χ1v) is 12.0. The summed E-state index contributed by atoms with van der Waals surface area (Å²) in [6.07, 6.45) is 1.73. The number of nitrogens with two attached hydrogens (primary N) is 1. The van der Waals surface area contributed by atoms with Crippen LogP contribution in [0.1, 0.15) is 23.3 Å². The molecule has 0 unspecified atom stereocenters. The Hall–Kier alpha value is -2.56. The van der Waals surface area contributed by atoms with Gasteiger partial charge in [-0.25, -0.2) is 0 Å². The van der Waals surface area contributed by atoms with Crippen LogP contribution in [-0.4, -0.2) is 4.98 Å². The van der Waals surface area contributed by atoms with Gasteiger partial charge in [-0.1, -0.05) is 42.5 Å². The van der Waals surface area contributed by atoms with Crippen LogP contribution in [0.5, 0.6) is 0 Å². The summed E-state index contributed by atoms with van der Waals surface area (Å²) in [5.41, 5.74) is 8.41. The highest BCUT2D eigenvalue weighted by molar-refractivity contribution is 7.76. The molecule has 3 N–H and O–H groups in total. The normalized spacial score (nSPS) is 13.7. The van der Waals surface area contributed by atoms with Crippen molar-refractivity contribution < 1.29 is 4.57 Å². The number of aromatic nitrogens is 1. The fourth-order valence-corrected chi connectivity index (χ4v) is 6.51. The second-order valence-electron chi connectivity index (χ2n) is 6.72. The number of hydrogen-bond acceptors (Lipinski definition) is 4. The molecule has 29 heavy (non-hydrogen) atoms. The lowest BCUT2D eigenvalue weighted by atomic mass is 10.0. The average molecular weight is 419 g/mol. The third-order valence-corrected chi connectivity index (χ3v) is 8.25. The third kappa shape index (κ3) is 4.24. The van der Waals surface area contributed by atoms with Gasteiger partial charge in [0.2, 0.25) is 7.29 Å². The van der Waals surface area contributed by atoms with E-state index in [1.165, 1.54) is 0 Å². The Kier molecular flexibility index (Phi) is 6.02. The van der Waals surface area contributed by atoms with Gasteiger partial charge in [0.1, 0.15) is 0 Å². The summed E-state index contributed by atoms with van der Waals surface area (Å²) < 4.78 is 14.5. The highest BCUT2D eigenvalue weighted by Crippen LogP contribution is 2.44. The van der Waals surface area contributed by atoms with Crippen molar-refractivity contribution in [2.45, 2.75) is 12.1 Å². The minimum Gasteiger partial charge on any atom is -0.321 e. The molecular weight excluding hydrogens is 397 g/mol. The predicted molar refractivity (Wildman–Crippen MR) is 121 cm³/mol. The third-order valence-electron chi connectivity index (χ3n) is 4.85. The summed E-state index contributed by atoms with van der Waals surface area (Å²) in [5, 5.41) is 9.01. The Morgan fingerprint density at radius 1 is 0.862 bits per heavy atom.